The van der Waals surface area contributed by atoms with E-state index < -0.39 is 0 Å². The lowest BCUT2D eigenvalue weighted by Crippen LogP contribution is -2.61. The van der Waals surface area contributed by atoms with E-state index in [0.29, 0.717) is 6.71 Å². The summed E-state index contributed by atoms with van der Waals surface area (Å²) in [4.78, 5) is 5.24. The third-order valence-electron chi connectivity index (χ3n) is 8.58. The molecular weight excluding hydrogens is 399 g/mol. The van der Waals surface area contributed by atoms with Crippen LogP contribution in [-0.2, 0) is 12.8 Å². The standard InChI is InChI=1S/C30H21BN2/c1-3-8-20-18(6-1)16-24-29-22(20)12-14-32(29)26-10-5-11-27-28(26)31(24)25-17-19-7-2-4-9-21(19)23-13-15-33(27)30(23)25/h1-11,16-17H,12-15H2. The Balaban J connectivity index is 1.47. The van der Waals surface area contributed by atoms with Crippen molar-refractivity contribution in [3.05, 3.63) is 90.0 Å². The van der Waals surface area contributed by atoms with Crippen LogP contribution in [0.1, 0.15) is 11.1 Å². The second-order valence-corrected chi connectivity index (χ2v) is 9.97. The van der Waals surface area contributed by atoms with Crippen LogP contribution in [0.5, 0.6) is 0 Å². The maximum absolute atomic E-state index is 2.62. The van der Waals surface area contributed by atoms with Gasteiger partial charge in [0.05, 0.1) is 0 Å². The van der Waals surface area contributed by atoms with E-state index in [1.165, 1.54) is 60.7 Å². The van der Waals surface area contributed by atoms with Gasteiger partial charge in [-0.05, 0) is 74.0 Å². The summed E-state index contributed by atoms with van der Waals surface area (Å²) in [5.41, 5.74) is 13.4. The second kappa shape index (κ2) is 5.61. The Labute approximate surface area is 193 Å². The fourth-order valence-corrected chi connectivity index (χ4v) is 7.39. The summed E-state index contributed by atoms with van der Waals surface area (Å²) in [6.45, 7) is 2.46. The zero-order valence-electron chi connectivity index (χ0n) is 18.3. The summed E-state index contributed by atoms with van der Waals surface area (Å²) in [7, 11) is 0. The molecule has 0 radical (unpaired) electrons. The Morgan fingerprint density at radius 3 is 1.64 bits per heavy atom. The minimum absolute atomic E-state index is 0.302. The van der Waals surface area contributed by atoms with Crippen molar-refractivity contribution in [2.75, 3.05) is 22.9 Å². The molecule has 5 aromatic carbocycles. The third kappa shape index (κ3) is 1.87. The summed E-state index contributed by atoms with van der Waals surface area (Å²) in [6, 6.07) is 30.0. The first kappa shape index (κ1) is 16.9. The van der Waals surface area contributed by atoms with Crippen molar-refractivity contribution in [3.63, 3.8) is 0 Å². The number of anilines is 4. The summed E-state index contributed by atoms with van der Waals surface area (Å²) in [5.74, 6) is 0. The van der Waals surface area contributed by atoms with Crippen LogP contribution in [-0.4, -0.2) is 19.8 Å². The summed E-state index contributed by atoms with van der Waals surface area (Å²) < 4.78 is 0. The van der Waals surface area contributed by atoms with Crippen molar-refractivity contribution < 1.29 is 0 Å². The lowest BCUT2D eigenvalue weighted by molar-refractivity contribution is 0.990. The SMILES string of the molecule is c1cc2c3c(c1)N1CCc4c1c(cc1ccccc41)B3c1cc3ccccc3c3c1N2CC3. The molecule has 154 valence electrons. The summed E-state index contributed by atoms with van der Waals surface area (Å²) in [5, 5.41) is 5.63. The lowest BCUT2D eigenvalue weighted by atomic mass is 9.33. The van der Waals surface area contributed by atoms with Gasteiger partial charge in [-0.2, -0.15) is 0 Å². The minimum Gasteiger partial charge on any atom is -0.342 e. The Morgan fingerprint density at radius 2 is 1.09 bits per heavy atom. The first-order valence-electron chi connectivity index (χ1n) is 12.2. The van der Waals surface area contributed by atoms with E-state index in [1.54, 1.807) is 11.1 Å². The topological polar surface area (TPSA) is 6.48 Å². The van der Waals surface area contributed by atoms with E-state index in [4.69, 9.17) is 0 Å². The highest BCUT2D eigenvalue weighted by molar-refractivity contribution is 7.00. The first-order valence-corrected chi connectivity index (χ1v) is 12.2. The maximum atomic E-state index is 2.62. The van der Waals surface area contributed by atoms with Gasteiger partial charge in [0, 0.05) is 35.8 Å². The first-order chi connectivity index (χ1) is 16.4. The van der Waals surface area contributed by atoms with Crippen molar-refractivity contribution in [2.45, 2.75) is 12.8 Å². The van der Waals surface area contributed by atoms with Gasteiger partial charge in [0.1, 0.15) is 0 Å². The zero-order chi connectivity index (χ0) is 21.3. The van der Waals surface area contributed by atoms with Gasteiger partial charge in [0.15, 0.2) is 0 Å². The van der Waals surface area contributed by atoms with Crippen LogP contribution in [0.2, 0.25) is 0 Å². The number of rotatable bonds is 0. The average Bonchev–Trinajstić information content (AvgIpc) is 3.50. The molecule has 4 aliphatic rings. The molecule has 0 bridgehead atoms. The molecule has 0 spiro atoms. The largest absolute Gasteiger partial charge is 0.342 e. The fraction of sp³-hybridized carbons (Fsp3) is 0.133. The van der Waals surface area contributed by atoms with Crippen LogP contribution in [0.25, 0.3) is 21.5 Å². The fourth-order valence-electron chi connectivity index (χ4n) is 7.39. The average molecular weight is 420 g/mol. The molecule has 0 fully saturated rings. The monoisotopic (exact) mass is 420 g/mol. The van der Waals surface area contributed by atoms with E-state index in [9.17, 15) is 0 Å². The predicted octanol–water partition coefficient (Wildman–Crippen LogP) is 4.52. The highest BCUT2D eigenvalue weighted by Gasteiger charge is 2.46. The highest BCUT2D eigenvalue weighted by atomic mass is 15.2. The second-order valence-electron chi connectivity index (χ2n) is 9.97. The zero-order valence-corrected chi connectivity index (χ0v) is 18.3. The van der Waals surface area contributed by atoms with Gasteiger partial charge >= 0.3 is 0 Å². The quantitative estimate of drug-likeness (QED) is 0.340. The molecule has 0 aliphatic carbocycles. The molecule has 0 amide bonds. The van der Waals surface area contributed by atoms with Crippen LogP contribution in [0.3, 0.4) is 0 Å². The van der Waals surface area contributed by atoms with E-state index in [-0.39, 0.29) is 0 Å². The minimum atomic E-state index is 0.302. The molecule has 9 rings (SSSR count). The van der Waals surface area contributed by atoms with Crippen molar-refractivity contribution in [2.24, 2.45) is 0 Å². The van der Waals surface area contributed by atoms with Gasteiger partial charge in [-0.15, -0.1) is 0 Å². The third-order valence-corrected chi connectivity index (χ3v) is 8.58. The lowest BCUT2D eigenvalue weighted by Gasteiger charge is -2.42. The van der Waals surface area contributed by atoms with Crippen molar-refractivity contribution in [1.82, 2.24) is 0 Å². The van der Waals surface area contributed by atoms with Gasteiger partial charge in [0.25, 0.3) is 6.71 Å². The van der Waals surface area contributed by atoms with Crippen LogP contribution < -0.4 is 26.2 Å². The smallest absolute Gasteiger partial charge is 0.252 e. The molecule has 4 aliphatic heterocycles. The number of nitrogens with zero attached hydrogens (tertiary/aromatic N) is 2. The number of hydrogen-bond donors (Lipinski definition) is 0. The van der Waals surface area contributed by atoms with Crippen LogP contribution >= 0.6 is 0 Å². The molecule has 5 aromatic rings. The van der Waals surface area contributed by atoms with Crippen LogP contribution in [0.15, 0.2) is 78.9 Å². The number of hydrogen-bond acceptors (Lipinski definition) is 2. The Hall–Kier alpha value is -3.72. The van der Waals surface area contributed by atoms with E-state index in [1.807, 2.05) is 0 Å². The molecule has 0 atom stereocenters. The normalized spacial score (nSPS) is 16.4. The molecule has 0 saturated heterocycles. The highest BCUT2D eigenvalue weighted by Crippen LogP contribution is 2.46. The molecule has 33 heavy (non-hydrogen) atoms. The van der Waals surface area contributed by atoms with E-state index in [0.717, 1.165) is 25.9 Å². The molecular formula is C30H21BN2. The van der Waals surface area contributed by atoms with E-state index >= 15 is 0 Å². The molecule has 2 nitrogen and oxygen atoms in total. The van der Waals surface area contributed by atoms with Crippen molar-refractivity contribution in [3.8, 4) is 0 Å². The molecule has 4 heterocycles. The maximum Gasteiger partial charge on any atom is 0.252 e. The van der Waals surface area contributed by atoms with E-state index in [2.05, 4.69) is 88.7 Å². The Kier molecular flexibility index (Phi) is 2.86. The van der Waals surface area contributed by atoms with Crippen molar-refractivity contribution in [1.29, 1.82) is 0 Å². The molecule has 0 unspecified atom stereocenters. The van der Waals surface area contributed by atoms with Gasteiger partial charge in [-0.25, -0.2) is 0 Å². The molecule has 0 aromatic heterocycles. The number of fused-ring (bicyclic) bond motifs is 8. The summed E-state index contributed by atoms with van der Waals surface area (Å²) >= 11 is 0. The Bertz CT molecular complexity index is 1580. The summed E-state index contributed by atoms with van der Waals surface area (Å²) in [6.07, 6.45) is 2.25. The Morgan fingerprint density at radius 1 is 0.576 bits per heavy atom. The number of benzene rings is 5. The van der Waals surface area contributed by atoms with Crippen LogP contribution in [0, 0.1) is 0 Å². The predicted molar refractivity (Wildman–Crippen MR) is 140 cm³/mol. The van der Waals surface area contributed by atoms with Gasteiger partial charge in [-0.1, -0.05) is 66.7 Å². The van der Waals surface area contributed by atoms with Gasteiger partial charge in [-0.3, -0.25) is 0 Å². The van der Waals surface area contributed by atoms with Gasteiger partial charge in [0.2, 0.25) is 0 Å². The van der Waals surface area contributed by atoms with Gasteiger partial charge < -0.3 is 9.80 Å². The molecule has 3 heteroatoms. The van der Waals surface area contributed by atoms with Crippen LogP contribution in [0.4, 0.5) is 22.7 Å². The van der Waals surface area contributed by atoms with Crippen molar-refractivity contribution >= 4 is 67.4 Å². The molecule has 0 saturated carbocycles. The molecule has 0 N–H and O–H groups in total.